The molecule has 92 valence electrons. The fourth-order valence-electron chi connectivity index (χ4n) is 0.889. The molecule has 15 heavy (non-hydrogen) atoms. The zero-order chi connectivity index (χ0) is 11.5. The summed E-state index contributed by atoms with van der Waals surface area (Å²) in [4.78, 5) is 22.0. The van der Waals surface area contributed by atoms with E-state index in [1.165, 1.54) is 0 Å². The van der Waals surface area contributed by atoms with Gasteiger partial charge in [-0.05, 0) is 12.2 Å². The first-order chi connectivity index (χ1) is 7.20. The van der Waals surface area contributed by atoms with Gasteiger partial charge in [-0.25, -0.2) is 0 Å². The topological polar surface area (TPSA) is 58.2 Å². The normalized spacial score (nSPS) is 9.73. The standard InChI is InChI=1S/C10H20N2O2S.2H2/c1-3-7-15-8-10(14)12-6-5-11-9(13)4-2;;/h3-8H2,1-2H3,(H,11,13)(H,12,14);2*1H. The van der Waals surface area contributed by atoms with Gasteiger partial charge in [0.2, 0.25) is 11.8 Å². The van der Waals surface area contributed by atoms with Gasteiger partial charge in [-0.1, -0.05) is 13.8 Å². The molecule has 0 radical (unpaired) electrons. The third-order valence-electron chi connectivity index (χ3n) is 1.67. The van der Waals surface area contributed by atoms with Gasteiger partial charge in [0.1, 0.15) is 0 Å². The van der Waals surface area contributed by atoms with Crippen LogP contribution in [0.4, 0.5) is 0 Å². The van der Waals surface area contributed by atoms with Gasteiger partial charge < -0.3 is 10.6 Å². The Hall–Kier alpha value is -0.710. The molecule has 0 saturated heterocycles. The maximum Gasteiger partial charge on any atom is 0.230 e. The van der Waals surface area contributed by atoms with Crippen molar-refractivity contribution in [2.45, 2.75) is 26.7 Å². The summed E-state index contributed by atoms with van der Waals surface area (Å²) in [6, 6.07) is 0. The lowest BCUT2D eigenvalue weighted by Gasteiger charge is -2.05. The Balaban J connectivity index is -0.000000980. The molecule has 0 aliphatic rings. The monoisotopic (exact) mass is 236 g/mol. The van der Waals surface area contributed by atoms with Crippen LogP contribution in [0.2, 0.25) is 0 Å². The van der Waals surface area contributed by atoms with E-state index in [4.69, 9.17) is 0 Å². The molecule has 0 atom stereocenters. The van der Waals surface area contributed by atoms with Crippen LogP contribution in [0.1, 0.15) is 29.5 Å². The minimum absolute atomic E-state index is 0. The van der Waals surface area contributed by atoms with Gasteiger partial charge in [-0.3, -0.25) is 9.59 Å². The number of rotatable bonds is 8. The van der Waals surface area contributed by atoms with Gasteiger partial charge in [0.15, 0.2) is 0 Å². The van der Waals surface area contributed by atoms with Crippen LogP contribution in [0.25, 0.3) is 0 Å². The summed E-state index contributed by atoms with van der Waals surface area (Å²) in [5.41, 5.74) is 0. The van der Waals surface area contributed by atoms with Crippen molar-refractivity contribution in [3.05, 3.63) is 0 Å². The summed E-state index contributed by atoms with van der Waals surface area (Å²) >= 11 is 1.63. The molecule has 0 saturated carbocycles. The Bertz CT molecular complexity index is 207. The molecular formula is C10H24N2O2S. The predicted molar refractivity (Wildman–Crippen MR) is 68.2 cm³/mol. The molecule has 0 aliphatic carbocycles. The van der Waals surface area contributed by atoms with Crippen molar-refractivity contribution in [1.29, 1.82) is 0 Å². The molecule has 2 amide bonds. The zero-order valence-electron chi connectivity index (χ0n) is 9.47. The Morgan fingerprint density at radius 3 is 2.27 bits per heavy atom. The smallest absolute Gasteiger partial charge is 0.230 e. The van der Waals surface area contributed by atoms with Crippen molar-refractivity contribution >= 4 is 23.6 Å². The van der Waals surface area contributed by atoms with Gasteiger partial charge in [0, 0.05) is 22.4 Å². The maximum absolute atomic E-state index is 11.2. The van der Waals surface area contributed by atoms with E-state index in [1.807, 2.05) is 0 Å². The summed E-state index contributed by atoms with van der Waals surface area (Å²) in [5, 5.41) is 5.44. The molecule has 2 N–H and O–H groups in total. The van der Waals surface area contributed by atoms with E-state index in [2.05, 4.69) is 17.6 Å². The van der Waals surface area contributed by atoms with E-state index in [0.717, 1.165) is 12.2 Å². The van der Waals surface area contributed by atoms with Crippen molar-refractivity contribution in [3.63, 3.8) is 0 Å². The van der Waals surface area contributed by atoms with E-state index in [1.54, 1.807) is 18.7 Å². The van der Waals surface area contributed by atoms with Gasteiger partial charge in [0.05, 0.1) is 5.75 Å². The second kappa shape index (κ2) is 9.83. The largest absolute Gasteiger partial charge is 0.354 e. The summed E-state index contributed by atoms with van der Waals surface area (Å²) in [6.45, 7) is 4.91. The number of carbonyl (C=O) groups excluding carboxylic acids is 2. The van der Waals surface area contributed by atoms with E-state index in [0.29, 0.717) is 25.3 Å². The highest BCUT2D eigenvalue weighted by molar-refractivity contribution is 7.99. The van der Waals surface area contributed by atoms with Gasteiger partial charge >= 0.3 is 0 Å². The Morgan fingerprint density at radius 1 is 1.13 bits per heavy atom. The molecule has 0 aliphatic heterocycles. The average molecular weight is 236 g/mol. The number of nitrogens with one attached hydrogen (secondary N) is 2. The molecule has 0 fully saturated rings. The second-order valence-electron chi connectivity index (χ2n) is 3.11. The van der Waals surface area contributed by atoms with Gasteiger partial charge in [0.25, 0.3) is 0 Å². The van der Waals surface area contributed by atoms with Crippen LogP contribution in [-0.2, 0) is 9.59 Å². The third-order valence-corrected chi connectivity index (χ3v) is 2.84. The fourth-order valence-corrected chi connectivity index (χ4v) is 1.61. The lowest BCUT2D eigenvalue weighted by molar-refractivity contribution is -0.121. The van der Waals surface area contributed by atoms with Crippen LogP contribution < -0.4 is 10.6 Å². The van der Waals surface area contributed by atoms with Crippen LogP contribution in [-0.4, -0.2) is 36.4 Å². The molecule has 5 heteroatoms. The van der Waals surface area contributed by atoms with Crippen molar-refractivity contribution in [2.24, 2.45) is 0 Å². The average Bonchev–Trinajstić information content (AvgIpc) is 2.24. The molecule has 4 nitrogen and oxygen atoms in total. The molecule has 0 bridgehead atoms. The maximum atomic E-state index is 11.2. The van der Waals surface area contributed by atoms with Crippen molar-refractivity contribution in [3.8, 4) is 0 Å². The van der Waals surface area contributed by atoms with E-state index in [-0.39, 0.29) is 14.7 Å². The molecule has 0 aromatic heterocycles. The molecule has 0 aromatic carbocycles. The first kappa shape index (κ1) is 14.3. The van der Waals surface area contributed by atoms with Crippen molar-refractivity contribution in [1.82, 2.24) is 10.6 Å². The summed E-state index contributed by atoms with van der Waals surface area (Å²) < 4.78 is 0. The number of amides is 2. The number of hydrogen-bond donors (Lipinski definition) is 2. The molecule has 0 unspecified atom stereocenters. The Morgan fingerprint density at radius 2 is 1.73 bits per heavy atom. The van der Waals surface area contributed by atoms with Crippen molar-refractivity contribution in [2.75, 3.05) is 24.6 Å². The van der Waals surface area contributed by atoms with E-state index < -0.39 is 0 Å². The Kier molecular flexibility index (Phi) is 9.36. The van der Waals surface area contributed by atoms with Crippen LogP contribution in [0.15, 0.2) is 0 Å². The Labute approximate surface area is 98.5 Å². The fraction of sp³-hybridized carbons (Fsp3) is 0.800. The lowest BCUT2D eigenvalue weighted by atomic mass is 10.4. The van der Waals surface area contributed by atoms with Gasteiger partial charge in [-0.2, -0.15) is 11.8 Å². The highest BCUT2D eigenvalue weighted by atomic mass is 32.2. The van der Waals surface area contributed by atoms with Crippen LogP contribution in [0.3, 0.4) is 0 Å². The van der Waals surface area contributed by atoms with E-state index >= 15 is 0 Å². The number of carbonyl (C=O) groups is 2. The third kappa shape index (κ3) is 9.59. The van der Waals surface area contributed by atoms with Crippen molar-refractivity contribution < 1.29 is 12.4 Å². The molecular weight excluding hydrogens is 212 g/mol. The van der Waals surface area contributed by atoms with Crippen LogP contribution >= 0.6 is 11.8 Å². The van der Waals surface area contributed by atoms with Gasteiger partial charge in [-0.15, -0.1) is 0 Å². The molecule has 0 aromatic rings. The second-order valence-corrected chi connectivity index (χ2v) is 4.21. The minimum Gasteiger partial charge on any atom is -0.354 e. The highest BCUT2D eigenvalue weighted by Crippen LogP contribution is 2.00. The molecule has 0 rings (SSSR count). The predicted octanol–water partition coefficient (Wildman–Crippen LogP) is 1.26. The zero-order valence-corrected chi connectivity index (χ0v) is 10.3. The number of hydrogen-bond acceptors (Lipinski definition) is 3. The minimum atomic E-state index is 0. The summed E-state index contributed by atoms with van der Waals surface area (Å²) in [5.74, 6) is 1.58. The lowest BCUT2D eigenvalue weighted by Crippen LogP contribution is -2.35. The quantitative estimate of drug-likeness (QED) is 0.624. The van der Waals surface area contributed by atoms with Crippen LogP contribution in [0.5, 0.6) is 0 Å². The first-order valence-corrected chi connectivity index (χ1v) is 6.47. The first-order valence-electron chi connectivity index (χ1n) is 5.31. The van der Waals surface area contributed by atoms with Crippen LogP contribution in [0, 0.1) is 0 Å². The SMILES string of the molecule is CCCSCC(=O)NCCNC(=O)CC.[HH].[HH]. The van der Waals surface area contributed by atoms with E-state index in [9.17, 15) is 9.59 Å². The number of thioether (sulfide) groups is 1. The molecule has 0 heterocycles. The summed E-state index contributed by atoms with van der Waals surface area (Å²) in [7, 11) is 0. The highest BCUT2D eigenvalue weighted by Gasteiger charge is 2.00. The summed E-state index contributed by atoms with van der Waals surface area (Å²) in [6.07, 6.45) is 1.57. The molecule has 0 spiro atoms.